The van der Waals surface area contributed by atoms with Gasteiger partial charge in [-0.1, -0.05) is 103 Å². The summed E-state index contributed by atoms with van der Waals surface area (Å²) in [5.74, 6) is -0.511. The predicted octanol–water partition coefficient (Wildman–Crippen LogP) is 7.12. The fourth-order valence-corrected chi connectivity index (χ4v) is 3.29. The molecule has 0 saturated heterocycles. The van der Waals surface area contributed by atoms with Gasteiger partial charge in [0.1, 0.15) is 6.61 Å². The average molecular weight is 383 g/mol. The van der Waals surface area contributed by atoms with Crippen LogP contribution in [0.2, 0.25) is 0 Å². The molecule has 3 nitrogen and oxygen atoms in total. The Labute approximate surface area is 169 Å². The summed E-state index contributed by atoms with van der Waals surface area (Å²) in [6.45, 7) is 2.22. The van der Waals surface area contributed by atoms with E-state index < -0.39 is 12.6 Å². The molecule has 0 aliphatic heterocycles. The smallest absolute Gasteiger partial charge is 0.331 e. The maximum Gasteiger partial charge on any atom is 0.331 e. The van der Waals surface area contributed by atoms with Crippen molar-refractivity contribution in [3.63, 3.8) is 0 Å². The van der Waals surface area contributed by atoms with Crippen LogP contribution < -0.4 is 0 Å². The molecule has 0 aromatic carbocycles. The third-order valence-electron chi connectivity index (χ3n) is 5.05. The highest BCUT2D eigenvalue weighted by Crippen LogP contribution is 2.12. The monoisotopic (exact) mass is 382 g/mol. The van der Waals surface area contributed by atoms with Crippen LogP contribution in [0.4, 0.5) is 0 Å². The molecule has 1 N–H and O–H groups in total. The maximum absolute atomic E-state index is 10.7. The molecule has 0 fully saturated rings. The van der Waals surface area contributed by atoms with E-state index in [0.717, 1.165) is 12.8 Å². The quantitative estimate of drug-likeness (QED) is 0.131. The van der Waals surface area contributed by atoms with Crippen LogP contribution in [0.1, 0.15) is 122 Å². The van der Waals surface area contributed by atoms with Crippen molar-refractivity contribution in [2.75, 3.05) is 13.2 Å². The number of ether oxygens (including phenoxy) is 1. The van der Waals surface area contributed by atoms with E-state index >= 15 is 0 Å². The average Bonchev–Trinajstić information content (AvgIpc) is 2.68. The first-order valence-electron chi connectivity index (χ1n) is 11.7. The minimum Gasteiger partial charge on any atom is -0.464 e. The van der Waals surface area contributed by atoms with Gasteiger partial charge in [0.25, 0.3) is 0 Å². The minimum absolute atomic E-state index is 0.451. The Hall–Kier alpha value is -0.830. The first-order chi connectivity index (χ1) is 13.3. The standard InChI is InChI=1S/C24H46O3/c1-2-3-4-5-6-7-8-9-10-11-12-13-14-15-16-17-18-19-20-21-22-27-24(26)23-25/h9-10,25H,2-8,11-23H2,1H3/b10-9-. The van der Waals surface area contributed by atoms with Crippen molar-refractivity contribution in [2.24, 2.45) is 0 Å². The molecule has 3 heteroatoms. The van der Waals surface area contributed by atoms with Crippen LogP contribution in [0.5, 0.6) is 0 Å². The summed E-state index contributed by atoms with van der Waals surface area (Å²) in [5, 5.41) is 8.52. The molecule has 0 amide bonds. The highest BCUT2D eigenvalue weighted by Gasteiger charge is 1.98. The van der Waals surface area contributed by atoms with Gasteiger partial charge in [0.15, 0.2) is 0 Å². The Morgan fingerprint density at radius 2 is 1.07 bits per heavy atom. The summed E-state index contributed by atoms with van der Waals surface area (Å²) in [5.41, 5.74) is 0. The maximum atomic E-state index is 10.7. The van der Waals surface area contributed by atoms with Crippen molar-refractivity contribution in [3.05, 3.63) is 12.2 Å². The highest BCUT2D eigenvalue weighted by molar-refractivity contribution is 5.70. The zero-order chi connectivity index (χ0) is 19.8. The Morgan fingerprint density at radius 1 is 0.667 bits per heavy atom. The largest absolute Gasteiger partial charge is 0.464 e. The summed E-state index contributed by atoms with van der Waals surface area (Å²) in [7, 11) is 0. The molecule has 0 radical (unpaired) electrons. The number of hydrogen-bond acceptors (Lipinski definition) is 3. The van der Waals surface area contributed by atoms with Crippen LogP contribution in [0.15, 0.2) is 12.2 Å². The zero-order valence-corrected chi connectivity index (χ0v) is 18.1. The molecule has 27 heavy (non-hydrogen) atoms. The first-order valence-corrected chi connectivity index (χ1v) is 11.7. The minimum atomic E-state index is -0.511. The summed E-state index contributed by atoms with van der Waals surface area (Å²) < 4.78 is 4.83. The summed E-state index contributed by atoms with van der Waals surface area (Å²) in [4.78, 5) is 10.7. The van der Waals surface area contributed by atoms with Gasteiger partial charge in [0.05, 0.1) is 6.61 Å². The lowest BCUT2D eigenvalue weighted by atomic mass is 10.1. The van der Waals surface area contributed by atoms with Crippen molar-refractivity contribution in [2.45, 2.75) is 122 Å². The second-order valence-electron chi connectivity index (χ2n) is 7.73. The molecule has 0 bridgehead atoms. The van der Waals surface area contributed by atoms with Gasteiger partial charge >= 0.3 is 5.97 Å². The number of hydrogen-bond donors (Lipinski definition) is 1. The predicted molar refractivity (Wildman–Crippen MR) is 116 cm³/mol. The van der Waals surface area contributed by atoms with E-state index in [1.165, 1.54) is 103 Å². The Bertz CT molecular complexity index is 326. The van der Waals surface area contributed by atoms with Crippen LogP contribution in [-0.2, 0) is 9.53 Å². The number of aliphatic hydroxyl groups is 1. The summed E-state index contributed by atoms with van der Waals surface area (Å²) >= 11 is 0. The second kappa shape index (κ2) is 23.2. The van der Waals surface area contributed by atoms with Crippen LogP contribution in [0.3, 0.4) is 0 Å². The number of esters is 1. The molecule has 0 atom stereocenters. The molecule has 0 saturated carbocycles. The van der Waals surface area contributed by atoms with Crippen LogP contribution in [0.25, 0.3) is 0 Å². The number of carbonyl (C=O) groups is 1. The van der Waals surface area contributed by atoms with Gasteiger partial charge in [0.2, 0.25) is 0 Å². The molecule has 0 spiro atoms. The van der Waals surface area contributed by atoms with E-state index in [0.29, 0.717) is 6.61 Å². The molecule has 0 aromatic rings. The summed E-state index contributed by atoms with van der Waals surface area (Å²) in [6, 6.07) is 0. The lowest BCUT2D eigenvalue weighted by Crippen LogP contribution is -2.09. The van der Waals surface area contributed by atoms with Crippen molar-refractivity contribution in [1.29, 1.82) is 0 Å². The van der Waals surface area contributed by atoms with Gasteiger partial charge in [-0.05, 0) is 32.1 Å². The molecular formula is C24H46O3. The molecular weight excluding hydrogens is 336 g/mol. The van der Waals surface area contributed by atoms with Gasteiger partial charge in [-0.2, -0.15) is 0 Å². The van der Waals surface area contributed by atoms with Gasteiger partial charge in [-0.15, -0.1) is 0 Å². The van der Waals surface area contributed by atoms with Crippen molar-refractivity contribution in [1.82, 2.24) is 0 Å². The van der Waals surface area contributed by atoms with Gasteiger partial charge in [0, 0.05) is 0 Å². The van der Waals surface area contributed by atoms with Crippen molar-refractivity contribution in [3.8, 4) is 0 Å². The first kappa shape index (κ1) is 26.2. The van der Waals surface area contributed by atoms with Crippen LogP contribution in [-0.4, -0.2) is 24.3 Å². The third kappa shape index (κ3) is 23.1. The van der Waals surface area contributed by atoms with Crippen LogP contribution >= 0.6 is 0 Å². The van der Waals surface area contributed by atoms with E-state index in [1.54, 1.807) is 0 Å². The van der Waals surface area contributed by atoms with Gasteiger partial charge < -0.3 is 9.84 Å². The third-order valence-corrected chi connectivity index (χ3v) is 5.05. The van der Waals surface area contributed by atoms with E-state index in [2.05, 4.69) is 19.1 Å². The molecule has 160 valence electrons. The molecule has 0 aliphatic rings. The fourth-order valence-electron chi connectivity index (χ4n) is 3.29. The van der Waals surface area contributed by atoms with Crippen molar-refractivity contribution < 1.29 is 14.6 Å². The SMILES string of the molecule is CCCCCCCC/C=C\CCCCCCCCCCCCOC(=O)CO. The van der Waals surface area contributed by atoms with Crippen LogP contribution in [0, 0.1) is 0 Å². The molecule has 0 unspecified atom stereocenters. The van der Waals surface area contributed by atoms with Gasteiger partial charge in [-0.25, -0.2) is 4.79 Å². The topological polar surface area (TPSA) is 46.5 Å². The van der Waals surface area contributed by atoms with E-state index in [1.807, 2.05) is 0 Å². The number of allylic oxidation sites excluding steroid dienone is 2. The number of carbonyl (C=O) groups excluding carboxylic acids is 1. The Kier molecular flexibility index (Phi) is 22.5. The second-order valence-corrected chi connectivity index (χ2v) is 7.73. The lowest BCUT2D eigenvalue weighted by Gasteiger charge is -2.03. The molecule has 0 aliphatic carbocycles. The zero-order valence-electron chi connectivity index (χ0n) is 18.1. The number of rotatable bonds is 21. The Morgan fingerprint density at radius 3 is 1.52 bits per heavy atom. The van der Waals surface area contributed by atoms with E-state index in [4.69, 9.17) is 9.84 Å². The molecule has 0 aromatic heterocycles. The summed E-state index contributed by atoms with van der Waals surface area (Å²) in [6.07, 6.45) is 28.4. The van der Waals surface area contributed by atoms with Crippen molar-refractivity contribution >= 4 is 5.97 Å². The fraction of sp³-hybridized carbons (Fsp3) is 0.875. The number of unbranched alkanes of at least 4 members (excludes halogenated alkanes) is 16. The lowest BCUT2D eigenvalue weighted by molar-refractivity contribution is -0.147. The Balaban J connectivity index is 3.08. The molecule has 0 heterocycles. The normalized spacial score (nSPS) is 11.3. The van der Waals surface area contributed by atoms with E-state index in [9.17, 15) is 4.79 Å². The highest BCUT2D eigenvalue weighted by atomic mass is 16.5. The molecule has 0 rings (SSSR count). The number of aliphatic hydroxyl groups excluding tert-OH is 1. The van der Waals surface area contributed by atoms with Gasteiger partial charge in [-0.3, -0.25) is 0 Å². The van der Waals surface area contributed by atoms with E-state index in [-0.39, 0.29) is 0 Å².